The van der Waals surface area contributed by atoms with Crippen molar-refractivity contribution in [2.75, 3.05) is 5.32 Å². The summed E-state index contributed by atoms with van der Waals surface area (Å²) in [7, 11) is 1.91. The molecule has 1 aromatic carbocycles. The van der Waals surface area contributed by atoms with Crippen molar-refractivity contribution in [1.29, 1.82) is 0 Å². The number of hydrogen-bond acceptors (Lipinski definition) is 5. The summed E-state index contributed by atoms with van der Waals surface area (Å²) < 4.78 is 1.90. The van der Waals surface area contributed by atoms with E-state index < -0.39 is 0 Å². The van der Waals surface area contributed by atoms with E-state index in [-0.39, 0.29) is 11.2 Å². The number of hydrogen-bond donors (Lipinski definition) is 1. The number of thioether (sulfide) groups is 1. The summed E-state index contributed by atoms with van der Waals surface area (Å²) in [6.07, 6.45) is 4.61. The molecule has 130 valence electrons. The second kappa shape index (κ2) is 7.84. The fraction of sp³-hybridized carbons (Fsp3) is 0.278. The first kappa shape index (κ1) is 17.7. The summed E-state index contributed by atoms with van der Waals surface area (Å²) in [5.41, 5.74) is 3.24. The molecule has 3 aromatic rings. The number of carbonyl (C=O) groups is 1. The van der Waals surface area contributed by atoms with E-state index in [2.05, 4.69) is 46.5 Å². The molecule has 0 saturated carbocycles. The van der Waals surface area contributed by atoms with Gasteiger partial charge in [-0.05, 0) is 18.9 Å². The van der Waals surface area contributed by atoms with E-state index in [0.717, 1.165) is 22.8 Å². The highest BCUT2D eigenvalue weighted by molar-refractivity contribution is 8.00. The van der Waals surface area contributed by atoms with Crippen LogP contribution in [-0.2, 0) is 18.3 Å². The Labute approximate surface area is 155 Å². The number of aryl methyl sites for hydroxylation is 2. The maximum Gasteiger partial charge on any atom is 0.239 e. The van der Waals surface area contributed by atoms with Gasteiger partial charge in [-0.2, -0.15) is 0 Å². The van der Waals surface area contributed by atoms with Crippen molar-refractivity contribution in [1.82, 2.24) is 14.5 Å². The van der Waals surface area contributed by atoms with E-state index in [1.165, 1.54) is 28.7 Å². The molecule has 2 heterocycles. The lowest BCUT2D eigenvalue weighted by molar-refractivity contribution is -0.115. The van der Waals surface area contributed by atoms with E-state index in [9.17, 15) is 4.79 Å². The van der Waals surface area contributed by atoms with Gasteiger partial charge in [0.2, 0.25) is 5.91 Å². The zero-order valence-corrected chi connectivity index (χ0v) is 16.0. The van der Waals surface area contributed by atoms with Gasteiger partial charge in [0, 0.05) is 30.4 Å². The van der Waals surface area contributed by atoms with Crippen LogP contribution in [0.15, 0.2) is 47.2 Å². The molecular formula is C18H20N4OS2. The number of amides is 1. The molecule has 0 radical (unpaired) electrons. The first-order chi connectivity index (χ1) is 12.1. The van der Waals surface area contributed by atoms with Crippen molar-refractivity contribution in [3.8, 4) is 11.3 Å². The summed E-state index contributed by atoms with van der Waals surface area (Å²) in [4.78, 5) is 21.1. The fourth-order valence-electron chi connectivity index (χ4n) is 2.26. The lowest BCUT2D eigenvalue weighted by Crippen LogP contribution is -2.22. The Morgan fingerprint density at radius 3 is 2.76 bits per heavy atom. The number of carbonyl (C=O) groups excluding carboxylic acids is 1. The number of nitrogens with one attached hydrogen (secondary N) is 1. The average Bonchev–Trinajstić information content (AvgIpc) is 3.24. The summed E-state index contributed by atoms with van der Waals surface area (Å²) in [6.45, 7) is 4.00. The highest BCUT2D eigenvalue weighted by Crippen LogP contribution is 2.27. The lowest BCUT2D eigenvalue weighted by atomic mass is 10.1. The molecule has 5 nitrogen and oxygen atoms in total. The molecule has 0 aliphatic heterocycles. The van der Waals surface area contributed by atoms with Crippen LogP contribution in [0.1, 0.15) is 19.4 Å². The minimum absolute atomic E-state index is 0.0739. The third-order valence-corrected chi connectivity index (χ3v) is 5.75. The van der Waals surface area contributed by atoms with Crippen LogP contribution in [0.5, 0.6) is 0 Å². The summed E-state index contributed by atoms with van der Waals surface area (Å²) >= 11 is 2.87. The van der Waals surface area contributed by atoms with Gasteiger partial charge in [0.05, 0.1) is 10.9 Å². The second-order valence-electron chi connectivity index (χ2n) is 5.66. The van der Waals surface area contributed by atoms with Crippen LogP contribution >= 0.6 is 23.1 Å². The van der Waals surface area contributed by atoms with Gasteiger partial charge in [0.15, 0.2) is 10.3 Å². The van der Waals surface area contributed by atoms with Crippen LogP contribution in [0.25, 0.3) is 11.3 Å². The number of benzene rings is 1. The molecule has 0 saturated heterocycles. The number of anilines is 1. The minimum Gasteiger partial charge on any atom is -0.329 e. The Balaban J connectivity index is 1.64. The standard InChI is InChI=1S/C18H20N4OS2/c1-4-13-5-7-14(8-6-13)15-11-24-17(20-15)21-16(23)12(2)25-18-19-9-10-22(18)3/h5-12H,4H2,1-3H3,(H,20,21,23). The van der Waals surface area contributed by atoms with Crippen LogP contribution < -0.4 is 5.32 Å². The zero-order valence-electron chi connectivity index (χ0n) is 14.4. The van der Waals surface area contributed by atoms with Crippen LogP contribution in [0.4, 0.5) is 5.13 Å². The third-order valence-electron chi connectivity index (χ3n) is 3.82. The quantitative estimate of drug-likeness (QED) is 0.658. The number of rotatable bonds is 6. The smallest absolute Gasteiger partial charge is 0.239 e. The SMILES string of the molecule is CCc1ccc(-c2csc(NC(=O)C(C)Sc3nccn3C)n2)cc1. The highest BCUT2D eigenvalue weighted by atomic mass is 32.2. The largest absolute Gasteiger partial charge is 0.329 e. The van der Waals surface area contributed by atoms with Gasteiger partial charge >= 0.3 is 0 Å². The minimum atomic E-state index is -0.253. The Kier molecular flexibility index (Phi) is 5.55. The van der Waals surface area contributed by atoms with Crippen LogP contribution in [0.3, 0.4) is 0 Å². The lowest BCUT2D eigenvalue weighted by Gasteiger charge is -2.09. The van der Waals surface area contributed by atoms with Crippen molar-refractivity contribution < 1.29 is 4.79 Å². The Morgan fingerprint density at radius 2 is 2.12 bits per heavy atom. The molecule has 1 unspecified atom stereocenters. The molecule has 0 bridgehead atoms. The summed E-state index contributed by atoms with van der Waals surface area (Å²) in [5, 5.41) is 6.05. The van der Waals surface area contributed by atoms with Crippen molar-refractivity contribution in [3.05, 3.63) is 47.6 Å². The Bertz CT molecular complexity index is 854. The normalized spacial score (nSPS) is 12.1. The Hall–Kier alpha value is -2.12. The van der Waals surface area contributed by atoms with E-state index in [1.54, 1.807) is 6.20 Å². The molecule has 3 rings (SSSR count). The number of thiazole rings is 1. The number of nitrogens with zero attached hydrogens (tertiary/aromatic N) is 3. The maximum absolute atomic E-state index is 12.4. The first-order valence-electron chi connectivity index (χ1n) is 8.06. The molecule has 1 amide bonds. The van der Waals surface area contributed by atoms with Crippen LogP contribution in [0, 0.1) is 0 Å². The fourth-order valence-corrected chi connectivity index (χ4v) is 3.81. The average molecular weight is 373 g/mol. The van der Waals surface area contributed by atoms with E-state index in [0.29, 0.717) is 5.13 Å². The number of imidazole rings is 1. The van der Waals surface area contributed by atoms with Crippen LogP contribution in [0.2, 0.25) is 0 Å². The van der Waals surface area contributed by atoms with Gasteiger partial charge in [0.25, 0.3) is 0 Å². The molecule has 1 atom stereocenters. The van der Waals surface area contributed by atoms with Crippen molar-refractivity contribution >= 4 is 34.1 Å². The summed E-state index contributed by atoms with van der Waals surface area (Å²) in [6, 6.07) is 8.36. The van der Waals surface area contributed by atoms with Gasteiger partial charge < -0.3 is 9.88 Å². The van der Waals surface area contributed by atoms with Gasteiger partial charge in [-0.3, -0.25) is 4.79 Å². The predicted octanol–water partition coefficient (Wildman–Crippen LogP) is 4.23. The molecule has 25 heavy (non-hydrogen) atoms. The van der Waals surface area contributed by atoms with Gasteiger partial charge in [-0.25, -0.2) is 9.97 Å². The topological polar surface area (TPSA) is 59.8 Å². The number of aromatic nitrogens is 3. The van der Waals surface area contributed by atoms with E-state index >= 15 is 0 Å². The van der Waals surface area contributed by atoms with Gasteiger partial charge in [0.1, 0.15) is 0 Å². The maximum atomic E-state index is 12.4. The molecule has 7 heteroatoms. The van der Waals surface area contributed by atoms with Crippen molar-refractivity contribution in [2.45, 2.75) is 30.7 Å². The van der Waals surface area contributed by atoms with Crippen molar-refractivity contribution in [2.24, 2.45) is 7.05 Å². The molecular weight excluding hydrogens is 352 g/mol. The molecule has 0 fully saturated rings. The first-order valence-corrected chi connectivity index (χ1v) is 9.82. The monoisotopic (exact) mass is 372 g/mol. The summed E-state index contributed by atoms with van der Waals surface area (Å²) in [5.74, 6) is -0.0739. The predicted molar refractivity (Wildman–Crippen MR) is 104 cm³/mol. The van der Waals surface area contributed by atoms with Crippen molar-refractivity contribution in [3.63, 3.8) is 0 Å². The van der Waals surface area contributed by atoms with E-state index in [1.807, 2.05) is 30.1 Å². The molecule has 2 aromatic heterocycles. The van der Waals surface area contributed by atoms with Gasteiger partial charge in [-0.1, -0.05) is 43.0 Å². The molecule has 1 N–H and O–H groups in total. The van der Waals surface area contributed by atoms with Crippen LogP contribution in [-0.4, -0.2) is 25.7 Å². The third kappa shape index (κ3) is 4.29. The Morgan fingerprint density at radius 1 is 1.36 bits per heavy atom. The molecule has 0 spiro atoms. The second-order valence-corrected chi connectivity index (χ2v) is 7.82. The van der Waals surface area contributed by atoms with E-state index in [4.69, 9.17) is 0 Å². The molecule has 0 aliphatic carbocycles. The molecule has 0 aliphatic rings. The highest BCUT2D eigenvalue weighted by Gasteiger charge is 2.18. The zero-order chi connectivity index (χ0) is 17.8. The van der Waals surface area contributed by atoms with Gasteiger partial charge in [-0.15, -0.1) is 11.3 Å².